The first kappa shape index (κ1) is 33.1. The lowest BCUT2D eigenvalue weighted by atomic mass is 9.93. The number of carbonyl (C=O) groups excluding carboxylic acids is 2. The molecule has 2 aliphatic heterocycles. The SMILES string of the molecule is COCOc1c(C=O)cccc1-c1ccc2ncc(-c3cc(F)cc(F)c3)c(N3CCC4C(C3)OCCN4C(=O)OCc3ccccc3)c2c1. The summed E-state index contributed by atoms with van der Waals surface area (Å²) in [5.74, 6) is -1.04. The third kappa shape index (κ3) is 6.74. The number of para-hydroxylation sites is 1. The number of benzene rings is 4. The van der Waals surface area contributed by atoms with Gasteiger partial charge in [0.2, 0.25) is 0 Å². The van der Waals surface area contributed by atoms with Crippen LogP contribution in [-0.2, 0) is 20.8 Å². The Morgan fingerprint density at radius 2 is 1.78 bits per heavy atom. The molecule has 2 saturated heterocycles. The number of hydrogen-bond acceptors (Lipinski definition) is 8. The quantitative estimate of drug-likeness (QED) is 0.119. The fraction of sp³-hybridized carbons (Fsp3) is 0.256. The molecule has 2 aliphatic rings. The van der Waals surface area contributed by atoms with E-state index in [1.807, 2.05) is 54.6 Å². The second kappa shape index (κ2) is 14.6. The number of rotatable bonds is 9. The Bertz CT molecular complexity index is 2010. The maximum atomic E-state index is 14.6. The van der Waals surface area contributed by atoms with Crippen molar-refractivity contribution in [1.29, 1.82) is 0 Å². The third-order valence-corrected chi connectivity index (χ3v) is 9.16. The number of amides is 1. The van der Waals surface area contributed by atoms with Crippen molar-refractivity contribution in [1.82, 2.24) is 9.88 Å². The number of nitrogens with zero attached hydrogens (tertiary/aromatic N) is 3. The zero-order valence-corrected chi connectivity index (χ0v) is 27.4. The predicted octanol–water partition coefficient (Wildman–Crippen LogP) is 7.26. The number of morpholine rings is 1. The Hall–Kier alpha value is -5.39. The van der Waals surface area contributed by atoms with Gasteiger partial charge in [0.25, 0.3) is 0 Å². The molecule has 0 radical (unpaired) electrons. The van der Waals surface area contributed by atoms with Crippen LogP contribution >= 0.6 is 0 Å². The Morgan fingerprint density at radius 3 is 2.56 bits per heavy atom. The average molecular weight is 680 g/mol. The van der Waals surface area contributed by atoms with Gasteiger partial charge in [-0.15, -0.1) is 0 Å². The van der Waals surface area contributed by atoms with Crippen molar-refractivity contribution in [2.75, 3.05) is 45.0 Å². The Labute approximate surface area is 287 Å². The lowest BCUT2D eigenvalue weighted by Crippen LogP contribution is -2.60. The van der Waals surface area contributed by atoms with Crippen LogP contribution in [0.4, 0.5) is 19.3 Å². The summed E-state index contributed by atoms with van der Waals surface area (Å²) >= 11 is 0. The summed E-state index contributed by atoms with van der Waals surface area (Å²) in [5.41, 5.74) is 4.94. The lowest BCUT2D eigenvalue weighted by molar-refractivity contribution is -0.0709. The Balaban J connectivity index is 1.27. The van der Waals surface area contributed by atoms with E-state index in [0.29, 0.717) is 66.2 Å². The number of pyridine rings is 1. The van der Waals surface area contributed by atoms with E-state index in [2.05, 4.69) is 4.90 Å². The number of anilines is 1. The molecule has 1 amide bonds. The molecule has 0 spiro atoms. The van der Waals surface area contributed by atoms with Crippen LogP contribution < -0.4 is 9.64 Å². The first-order valence-electron chi connectivity index (χ1n) is 16.4. The molecule has 11 heteroatoms. The van der Waals surface area contributed by atoms with E-state index in [-0.39, 0.29) is 31.6 Å². The van der Waals surface area contributed by atoms with Gasteiger partial charge in [0, 0.05) is 55.5 Å². The highest BCUT2D eigenvalue weighted by molar-refractivity contribution is 6.02. The highest BCUT2D eigenvalue weighted by Gasteiger charge is 2.40. The maximum Gasteiger partial charge on any atom is 0.410 e. The molecule has 1 aromatic heterocycles. The van der Waals surface area contributed by atoms with Crippen molar-refractivity contribution in [3.05, 3.63) is 114 Å². The Kier molecular flexibility index (Phi) is 9.68. The summed E-state index contributed by atoms with van der Waals surface area (Å²) in [6.07, 6.45) is 2.20. The zero-order chi connectivity index (χ0) is 34.6. The highest BCUT2D eigenvalue weighted by Crippen LogP contribution is 2.42. The molecule has 0 bridgehead atoms. The standard InChI is InChI=1S/C39H35F2N3O6/c1-47-24-50-38-27(22-45)8-5-9-31(38)26-10-11-34-32(18-26)37(33(20-42-34)28-16-29(40)19-30(41)17-28)43-13-12-35-36(21-43)48-15-14-44(35)39(46)49-23-25-6-3-2-4-7-25/h2-11,16-20,22,35-36H,12-15,21,23-24H2,1H3. The largest absolute Gasteiger partial charge is 0.466 e. The van der Waals surface area contributed by atoms with E-state index in [4.69, 9.17) is 23.9 Å². The molecule has 2 atom stereocenters. The van der Waals surface area contributed by atoms with E-state index in [1.54, 1.807) is 23.2 Å². The minimum atomic E-state index is -0.704. The normalized spacial score (nSPS) is 17.3. The number of ether oxygens (including phenoxy) is 4. The van der Waals surface area contributed by atoms with Crippen molar-refractivity contribution < 1.29 is 37.3 Å². The summed E-state index contributed by atoms with van der Waals surface area (Å²) in [5, 5.41) is 0.729. The van der Waals surface area contributed by atoms with E-state index in [0.717, 1.165) is 34.6 Å². The van der Waals surface area contributed by atoms with Crippen molar-refractivity contribution in [3.63, 3.8) is 0 Å². The molecule has 2 unspecified atom stereocenters. The topological polar surface area (TPSA) is 90.4 Å². The summed E-state index contributed by atoms with van der Waals surface area (Å²) in [6.45, 7) is 1.80. The monoisotopic (exact) mass is 679 g/mol. The van der Waals surface area contributed by atoms with Crippen LogP contribution in [0.3, 0.4) is 0 Å². The van der Waals surface area contributed by atoms with E-state index in [1.165, 1.54) is 19.2 Å². The molecule has 0 N–H and O–H groups in total. The summed E-state index contributed by atoms with van der Waals surface area (Å²) in [6, 6.07) is 23.7. The van der Waals surface area contributed by atoms with Gasteiger partial charge >= 0.3 is 6.09 Å². The molecule has 50 heavy (non-hydrogen) atoms. The van der Waals surface area contributed by atoms with Crippen molar-refractivity contribution in [2.45, 2.75) is 25.2 Å². The van der Waals surface area contributed by atoms with Gasteiger partial charge in [-0.2, -0.15) is 0 Å². The predicted molar refractivity (Wildman–Crippen MR) is 184 cm³/mol. The van der Waals surface area contributed by atoms with Crippen LogP contribution in [0, 0.1) is 11.6 Å². The first-order chi connectivity index (χ1) is 24.4. The minimum Gasteiger partial charge on any atom is -0.466 e. The maximum absolute atomic E-state index is 14.6. The lowest BCUT2D eigenvalue weighted by Gasteiger charge is -2.47. The van der Waals surface area contributed by atoms with Crippen LogP contribution in [0.25, 0.3) is 33.2 Å². The second-order valence-electron chi connectivity index (χ2n) is 12.2. The molecule has 4 aromatic carbocycles. The van der Waals surface area contributed by atoms with Gasteiger partial charge in [-0.1, -0.05) is 48.5 Å². The molecule has 5 aromatic rings. The second-order valence-corrected chi connectivity index (χ2v) is 12.2. The molecule has 256 valence electrons. The molecule has 7 rings (SSSR count). The summed E-state index contributed by atoms with van der Waals surface area (Å²) < 4.78 is 52.2. The number of piperidine rings is 1. The molecular weight excluding hydrogens is 644 g/mol. The van der Waals surface area contributed by atoms with E-state index < -0.39 is 11.6 Å². The average Bonchev–Trinajstić information content (AvgIpc) is 3.14. The number of fused-ring (bicyclic) bond motifs is 2. The van der Waals surface area contributed by atoms with Crippen LogP contribution in [0.2, 0.25) is 0 Å². The molecule has 0 saturated carbocycles. The van der Waals surface area contributed by atoms with Gasteiger partial charge in [-0.05, 0) is 53.4 Å². The number of aldehydes is 1. The number of hydrogen-bond donors (Lipinski definition) is 0. The highest BCUT2D eigenvalue weighted by atomic mass is 19.1. The van der Waals surface area contributed by atoms with Crippen molar-refractivity contribution in [2.24, 2.45) is 0 Å². The number of methoxy groups -OCH3 is 1. The van der Waals surface area contributed by atoms with Crippen LogP contribution in [0.5, 0.6) is 5.75 Å². The van der Waals surface area contributed by atoms with Crippen LogP contribution in [0.1, 0.15) is 22.3 Å². The molecular formula is C39H35F2N3O6. The van der Waals surface area contributed by atoms with Gasteiger partial charge in [0.15, 0.2) is 13.1 Å². The van der Waals surface area contributed by atoms with Crippen molar-refractivity contribution >= 4 is 29.0 Å². The summed E-state index contributed by atoms with van der Waals surface area (Å²) in [4.78, 5) is 33.8. The fourth-order valence-corrected chi connectivity index (χ4v) is 6.89. The van der Waals surface area contributed by atoms with Gasteiger partial charge in [0.1, 0.15) is 24.0 Å². The number of halogens is 2. The van der Waals surface area contributed by atoms with Crippen LogP contribution in [-0.4, -0.2) is 74.6 Å². The third-order valence-electron chi connectivity index (χ3n) is 9.16. The molecule has 3 heterocycles. The smallest absolute Gasteiger partial charge is 0.410 e. The van der Waals surface area contributed by atoms with Gasteiger partial charge in [-0.25, -0.2) is 13.6 Å². The number of carbonyl (C=O) groups is 2. The van der Waals surface area contributed by atoms with Gasteiger partial charge in [-0.3, -0.25) is 9.78 Å². The van der Waals surface area contributed by atoms with Crippen molar-refractivity contribution in [3.8, 4) is 28.0 Å². The molecule has 9 nitrogen and oxygen atoms in total. The van der Waals surface area contributed by atoms with Gasteiger partial charge < -0.3 is 28.7 Å². The summed E-state index contributed by atoms with van der Waals surface area (Å²) in [7, 11) is 1.50. The zero-order valence-electron chi connectivity index (χ0n) is 27.4. The fourth-order valence-electron chi connectivity index (χ4n) is 6.89. The van der Waals surface area contributed by atoms with Gasteiger partial charge in [0.05, 0.1) is 35.5 Å². The molecule has 0 aliphatic carbocycles. The minimum absolute atomic E-state index is 0.0549. The van der Waals surface area contributed by atoms with Crippen LogP contribution in [0.15, 0.2) is 91.1 Å². The van der Waals surface area contributed by atoms with E-state index >= 15 is 0 Å². The number of aromatic nitrogens is 1. The molecule has 2 fully saturated rings. The Morgan fingerprint density at radius 1 is 0.960 bits per heavy atom. The van der Waals surface area contributed by atoms with E-state index in [9.17, 15) is 18.4 Å². The first-order valence-corrected chi connectivity index (χ1v) is 16.4.